The van der Waals surface area contributed by atoms with E-state index >= 15 is 0 Å². The third-order valence-corrected chi connectivity index (χ3v) is 4.72. The lowest BCUT2D eigenvalue weighted by atomic mass is 10.00. The van der Waals surface area contributed by atoms with Crippen molar-refractivity contribution in [2.45, 2.75) is 26.2 Å². The molecular weight excluding hydrogens is 370 g/mol. The molecule has 0 aliphatic carbocycles. The van der Waals surface area contributed by atoms with Crippen LogP contribution in [-0.4, -0.2) is 10.1 Å². The van der Waals surface area contributed by atoms with Gasteiger partial charge in [-0.1, -0.05) is 41.3 Å². The zero-order valence-corrected chi connectivity index (χ0v) is 16.0. The fraction of sp³-hybridized carbons (Fsp3) is 0.167. The first-order chi connectivity index (χ1) is 13.9. The summed E-state index contributed by atoms with van der Waals surface area (Å²) in [6, 6.07) is 14.0. The molecule has 0 saturated heterocycles. The van der Waals surface area contributed by atoms with Crippen molar-refractivity contribution in [2.24, 2.45) is 0 Å². The first-order valence-electron chi connectivity index (χ1n) is 9.19. The molecule has 3 nitrogen and oxygen atoms in total. The van der Waals surface area contributed by atoms with Gasteiger partial charge in [-0.25, -0.2) is 8.78 Å². The molecule has 0 aliphatic heterocycles. The number of aromatic nitrogens is 2. The zero-order chi connectivity index (χ0) is 20.4. The lowest BCUT2D eigenvalue weighted by molar-refractivity contribution is 0.0174. The molecule has 2 aromatic heterocycles. The zero-order valence-electron chi connectivity index (χ0n) is 16.0. The van der Waals surface area contributed by atoms with E-state index in [0.717, 1.165) is 34.6 Å². The van der Waals surface area contributed by atoms with Crippen LogP contribution in [0.1, 0.15) is 40.4 Å². The number of hydrogen-bond acceptors (Lipinski definition) is 3. The smallest absolute Gasteiger partial charge is 0.270 e. The SMILES string of the molecule is Cc1ccc2c(Cc3cccc(C(C)(F)F)c3)noc2c1C#Cc1cccnc1. The highest BCUT2D eigenvalue weighted by atomic mass is 19.3. The first-order valence-corrected chi connectivity index (χ1v) is 9.19. The van der Waals surface area contributed by atoms with E-state index in [1.165, 1.54) is 12.1 Å². The maximum Gasteiger partial charge on any atom is 0.270 e. The minimum atomic E-state index is -2.88. The van der Waals surface area contributed by atoms with Crippen molar-refractivity contribution >= 4 is 11.0 Å². The number of rotatable bonds is 3. The van der Waals surface area contributed by atoms with Crippen molar-refractivity contribution in [3.63, 3.8) is 0 Å². The van der Waals surface area contributed by atoms with Gasteiger partial charge in [0.2, 0.25) is 0 Å². The second kappa shape index (κ2) is 7.48. The topological polar surface area (TPSA) is 38.9 Å². The molecule has 0 bridgehead atoms. The molecule has 0 N–H and O–H groups in total. The number of nitrogens with zero attached hydrogens (tertiary/aromatic N) is 2. The summed E-state index contributed by atoms with van der Waals surface area (Å²) in [5, 5.41) is 5.03. The Bertz CT molecular complexity index is 1230. The van der Waals surface area contributed by atoms with Crippen LogP contribution >= 0.6 is 0 Å². The van der Waals surface area contributed by atoms with Crippen LogP contribution in [0.5, 0.6) is 0 Å². The Morgan fingerprint density at radius 1 is 1.07 bits per heavy atom. The molecule has 0 aliphatic rings. The van der Waals surface area contributed by atoms with Gasteiger partial charge in [-0.2, -0.15) is 0 Å². The van der Waals surface area contributed by atoms with Gasteiger partial charge in [0, 0.05) is 42.3 Å². The highest BCUT2D eigenvalue weighted by Gasteiger charge is 2.24. The number of aryl methyl sites for hydroxylation is 1. The van der Waals surface area contributed by atoms with E-state index in [9.17, 15) is 8.78 Å². The minimum Gasteiger partial charge on any atom is -0.355 e. The lowest BCUT2D eigenvalue weighted by Gasteiger charge is -2.11. The molecule has 0 radical (unpaired) electrons. The summed E-state index contributed by atoms with van der Waals surface area (Å²) in [7, 11) is 0. The van der Waals surface area contributed by atoms with Crippen molar-refractivity contribution in [1.29, 1.82) is 0 Å². The van der Waals surface area contributed by atoms with Crippen LogP contribution < -0.4 is 0 Å². The van der Waals surface area contributed by atoms with Crippen LogP contribution in [0.15, 0.2) is 65.4 Å². The van der Waals surface area contributed by atoms with Gasteiger partial charge in [-0.3, -0.25) is 4.98 Å². The van der Waals surface area contributed by atoms with Crippen LogP contribution in [0.25, 0.3) is 11.0 Å². The summed E-state index contributed by atoms with van der Waals surface area (Å²) < 4.78 is 32.9. The number of hydrogen-bond donors (Lipinski definition) is 0. The van der Waals surface area contributed by atoms with Gasteiger partial charge in [0.1, 0.15) is 0 Å². The fourth-order valence-electron chi connectivity index (χ4n) is 3.15. The van der Waals surface area contributed by atoms with Crippen molar-refractivity contribution < 1.29 is 13.3 Å². The Labute approximate surface area is 167 Å². The Balaban J connectivity index is 1.71. The molecule has 2 aromatic carbocycles. The maximum atomic E-state index is 13.6. The summed E-state index contributed by atoms with van der Waals surface area (Å²) in [5.41, 5.74) is 4.59. The monoisotopic (exact) mass is 388 g/mol. The van der Waals surface area contributed by atoms with Gasteiger partial charge in [0.05, 0.1) is 11.3 Å². The molecular formula is C24H18F2N2O. The quantitative estimate of drug-likeness (QED) is 0.427. The minimum absolute atomic E-state index is 0.0123. The number of alkyl halides is 2. The van der Waals surface area contributed by atoms with Crippen molar-refractivity contribution in [1.82, 2.24) is 10.1 Å². The molecule has 2 heterocycles. The Hall–Kier alpha value is -3.52. The molecule has 144 valence electrons. The van der Waals surface area contributed by atoms with Crippen molar-refractivity contribution in [3.05, 3.63) is 94.4 Å². The average Bonchev–Trinajstić information content (AvgIpc) is 3.10. The fourth-order valence-corrected chi connectivity index (χ4v) is 3.15. The Kier molecular flexibility index (Phi) is 4.85. The van der Waals surface area contributed by atoms with Gasteiger partial charge < -0.3 is 4.52 Å². The van der Waals surface area contributed by atoms with Crippen LogP contribution in [0.4, 0.5) is 8.78 Å². The van der Waals surface area contributed by atoms with Gasteiger partial charge >= 0.3 is 0 Å². The third-order valence-electron chi connectivity index (χ3n) is 4.72. The standard InChI is InChI=1S/C24H18F2N2O/c1-16-8-10-21-22(14-18-5-3-7-19(13-18)24(2,25)26)28-29-23(21)20(16)11-9-17-6-4-12-27-15-17/h3-8,10,12-13,15H,14H2,1-2H3. The van der Waals surface area contributed by atoms with Crippen LogP contribution in [0.3, 0.4) is 0 Å². The van der Waals surface area contributed by atoms with E-state index in [-0.39, 0.29) is 5.56 Å². The molecule has 0 atom stereocenters. The molecule has 0 unspecified atom stereocenters. The van der Waals surface area contributed by atoms with Crippen LogP contribution in [-0.2, 0) is 12.3 Å². The van der Waals surface area contributed by atoms with Crippen molar-refractivity contribution in [2.75, 3.05) is 0 Å². The van der Waals surface area contributed by atoms with Gasteiger partial charge in [0.15, 0.2) is 5.58 Å². The second-order valence-electron chi connectivity index (χ2n) is 7.02. The van der Waals surface area contributed by atoms with Gasteiger partial charge in [-0.15, -0.1) is 0 Å². The molecule has 0 spiro atoms. The summed E-state index contributed by atoms with van der Waals surface area (Å²) in [6.45, 7) is 2.86. The second-order valence-corrected chi connectivity index (χ2v) is 7.02. The van der Waals surface area contributed by atoms with E-state index < -0.39 is 5.92 Å². The van der Waals surface area contributed by atoms with Crippen LogP contribution in [0, 0.1) is 18.8 Å². The van der Waals surface area contributed by atoms with E-state index in [4.69, 9.17) is 4.52 Å². The van der Waals surface area contributed by atoms with E-state index in [1.54, 1.807) is 18.5 Å². The summed E-state index contributed by atoms with van der Waals surface area (Å²) in [6.07, 6.45) is 3.80. The molecule has 0 fully saturated rings. The Morgan fingerprint density at radius 3 is 2.69 bits per heavy atom. The van der Waals surface area contributed by atoms with Gasteiger partial charge in [-0.05, 0) is 42.3 Å². The van der Waals surface area contributed by atoms with Crippen LogP contribution in [0.2, 0.25) is 0 Å². The number of fused-ring (bicyclic) bond motifs is 1. The third kappa shape index (κ3) is 4.02. The predicted octanol–water partition coefficient (Wildman–Crippen LogP) is 5.63. The molecule has 4 aromatic rings. The Morgan fingerprint density at radius 2 is 1.93 bits per heavy atom. The van der Waals surface area contributed by atoms with E-state index in [0.29, 0.717) is 17.7 Å². The molecule has 0 saturated carbocycles. The molecule has 5 heteroatoms. The highest BCUT2D eigenvalue weighted by Crippen LogP contribution is 2.29. The molecule has 4 rings (SSSR count). The highest BCUT2D eigenvalue weighted by molar-refractivity contribution is 5.86. The maximum absolute atomic E-state index is 13.6. The summed E-state index contributed by atoms with van der Waals surface area (Å²) in [4.78, 5) is 4.07. The number of halogens is 2. The largest absolute Gasteiger partial charge is 0.355 e. The molecule has 29 heavy (non-hydrogen) atoms. The summed E-state index contributed by atoms with van der Waals surface area (Å²) in [5.74, 6) is 3.37. The number of pyridine rings is 1. The average molecular weight is 388 g/mol. The van der Waals surface area contributed by atoms with E-state index in [1.807, 2.05) is 37.3 Å². The summed E-state index contributed by atoms with van der Waals surface area (Å²) >= 11 is 0. The first kappa shape index (κ1) is 18.8. The van der Waals surface area contributed by atoms with E-state index in [2.05, 4.69) is 22.0 Å². The normalized spacial score (nSPS) is 11.3. The molecule has 0 amide bonds. The van der Waals surface area contributed by atoms with Crippen molar-refractivity contribution in [3.8, 4) is 11.8 Å². The van der Waals surface area contributed by atoms with Gasteiger partial charge in [0.25, 0.3) is 5.92 Å². The lowest BCUT2D eigenvalue weighted by Crippen LogP contribution is -2.07. The number of benzene rings is 2. The predicted molar refractivity (Wildman–Crippen MR) is 108 cm³/mol.